The van der Waals surface area contributed by atoms with E-state index in [-0.39, 0.29) is 24.0 Å². The summed E-state index contributed by atoms with van der Waals surface area (Å²) in [5.41, 5.74) is 2.42. The van der Waals surface area contributed by atoms with Crippen molar-refractivity contribution in [3.63, 3.8) is 0 Å². The summed E-state index contributed by atoms with van der Waals surface area (Å²) in [6.07, 6.45) is 2.51. The normalized spacial score (nSPS) is 10.9. The maximum Gasteiger partial charge on any atom is 0.191 e. The van der Waals surface area contributed by atoms with Gasteiger partial charge in [-0.25, -0.2) is 0 Å². The molecule has 0 aliphatic rings. The Morgan fingerprint density at radius 1 is 1.12 bits per heavy atom. The van der Waals surface area contributed by atoms with Crippen molar-refractivity contribution in [3.05, 3.63) is 53.5 Å². The summed E-state index contributed by atoms with van der Waals surface area (Å²) in [5.74, 6) is 2.64. The first-order chi connectivity index (χ1) is 11.2. The van der Waals surface area contributed by atoms with Gasteiger partial charge in [0.25, 0.3) is 0 Å². The molecule has 0 fully saturated rings. The van der Waals surface area contributed by atoms with Gasteiger partial charge in [-0.2, -0.15) is 0 Å². The molecule has 5 nitrogen and oxygen atoms in total. The topological polar surface area (TPSA) is 58.8 Å². The molecule has 0 unspecified atom stereocenters. The lowest BCUT2D eigenvalue weighted by molar-refractivity contribution is 0.321. The number of benzene rings is 1. The predicted molar refractivity (Wildman–Crippen MR) is 109 cm³/mol. The lowest BCUT2D eigenvalue weighted by Gasteiger charge is -2.12. The molecule has 0 radical (unpaired) electrons. The monoisotopic (exact) mass is 443 g/mol. The Hall–Kier alpha value is -1.70. The first kappa shape index (κ1) is 20.3. The summed E-state index contributed by atoms with van der Waals surface area (Å²) in [6, 6.07) is 10.1. The lowest BCUT2D eigenvalue weighted by atomic mass is 10.1. The van der Waals surface area contributed by atoms with Gasteiger partial charge in [0.05, 0.1) is 12.8 Å². The van der Waals surface area contributed by atoms with Gasteiger partial charge < -0.3 is 19.8 Å². The Morgan fingerprint density at radius 3 is 2.46 bits per heavy atom. The molecule has 0 aliphatic heterocycles. The van der Waals surface area contributed by atoms with Crippen LogP contribution in [0.25, 0.3) is 0 Å². The number of hydrogen-bond donors (Lipinski definition) is 2. The van der Waals surface area contributed by atoms with Crippen molar-refractivity contribution in [2.45, 2.75) is 20.3 Å². The van der Waals surface area contributed by atoms with E-state index in [4.69, 9.17) is 9.15 Å². The highest BCUT2D eigenvalue weighted by atomic mass is 127. The van der Waals surface area contributed by atoms with Crippen LogP contribution < -0.4 is 15.4 Å². The minimum atomic E-state index is 0. The summed E-state index contributed by atoms with van der Waals surface area (Å²) < 4.78 is 11.1. The molecule has 1 heterocycles. The van der Waals surface area contributed by atoms with Crippen LogP contribution in [0.15, 0.2) is 46.0 Å². The molecule has 0 amide bonds. The van der Waals surface area contributed by atoms with Crippen LogP contribution >= 0.6 is 24.0 Å². The van der Waals surface area contributed by atoms with Gasteiger partial charge in [0.1, 0.15) is 18.1 Å². The maximum atomic E-state index is 5.77. The molecule has 1 aromatic carbocycles. The number of furan rings is 1. The maximum absolute atomic E-state index is 5.77. The van der Waals surface area contributed by atoms with Crippen molar-refractivity contribution in [2.24, 2.45) is 4.99 Å². The zero-order chi connectivity index (χ0) is 16.5. The average Bonchev–Trinajstić information content (AvgIpc) is 3.02. The predicted octanol–water partition coefficient (Wildman–Crippen LogP) is 3.30. The zero-order valence-corrected chi connectivity index (χ0v) is 16.8. The first-order valence-electron chi connectivity index (χ1n) is 7.85. The summed E-state index contributed by atoms with van der Waals surface area (Å²) in [6.45, 7) is 6.19. The highest BCUT2D eigenvalue weighted by Gasteiger charge is 2.00. The van der Waals surface area contributed by atoms with E-state index in [0.717, 1.165) is 30.4 Å². The highest BCUT2D eigenvalue weighted by molar-refractivity contribution is 14.0. The van der Waals surface area contributed by atoms with Crippen molar-refractivity contribution in [1.82, 2.24) is 10.6 Å². The molecule has 0 bridgehead atoms. The van der Waals surface area contributed by atoms with E-state index in [2.05, 4.69) is 35.5 Å². The lowest BCUT2D eigenvalue weighted by Crippen LogP contribution is -2.40. The third-order valence-corrected chi connectivity index (χ3v) is 3.33. The second-order valence-electron chi connectivity index (χ2n) is 5.43. The van der Waals surface area contributed by atoms with Crippen molar-refractivity contribution < 1.29 is 9.15 Å². The highest BCUT2D eigenvalue weighted by Crippen LogP contribution is 2.15. The second kappa shape index (κ2) is 11.0. The number of aryl methyl sites for hydroxylation is 2. The summed E-state index contributed by atoms with van der Waals surface area (Å²) in [5, 5.41) is 6.48. The third kappa shape index (κ3) is 7.25. The molecule has 0 spiro atoms. The van der Waals surface area contributed by atoms with Crippen molar-refractivity contribution in [2.75, 3.05) is 26.7 Å². The van der Waals surface area contributed by atoms with Gasteiger partial charge in [0.2, 0.25) is 0 Å². The van der Waals surface area contributed by atoms with E-state index in [9.17, 15) is 0 Å². The number of aliphatic imine (C=N–C) groups is 1. The van der Waals surface area contributed by atoms with Crippen LogP contribution in [0.3, 0.4) is 0 Å². The van der Waals surface area contributed by atoms with Crippen LogP contribution in [0.2, 0.25) is 0 Å². The van der Waals surface area contributed by atoms with Crippen LogP contribution in [-0.2, 0) is 6.42 Å². The van der Waals surface area contributed by atoms with Gasteiger partial charge in [0, 0.05) is 20.0 Å². The molecule has 0 saturated heterocycles. The standard InChI is InChI=1S/C18H25N3O2.HI/c1-14-11-15(2)13-17(12-14)23-10-8-21-18(19-3)20-7-6-16-5-4-9-22-16;/h4-5,9,11-13H,6-8,10H2,1-3H3,(H2,19,20,21);1H. The minimum absolute atomic E-state index is 0. The van der Waals surface area contributed by atoms with E-state index >= 15 is 0 Å². The van der Waals surface area contributed by atoms with E-state index in [0.29, 0.717) is 13.2 Å². The van der Waals surface area contributed by atoms with E-state index in [1.807, 2.05) is 24.3 Å². The summed E-state index contributed by atoms with van der Waals surface area (Å²) in [4.78, 5) is 4.19. The quantitative estimate of drug-likeness (QED) is 0.299. The number of hydrogen-bond acceptors (Lipinski definition) is 3. The van der Waals surface area contributed by atoms with E-state index in [1.165, 1.54) is 11.1 Å². The van der Waals surface area contributed by atoms with Gasteiger partial charge in [-0.3, -0.25) is 4.99 Å². The molecule has 132 valence electrons. The number of ether oxygens (including phenoxy) is 1. The molecule has 0 saturated carbocycles. The van der Waals surface area contributed by atoms with Crippen LogP contribution in [0.5, 0.6) is 5.75 Å². The fraction of sp³-hybridized carbons (Fsp3) is 0.389. The van der Waals surface area contributed by atoms with Crippen LogP contribution in [0, 0.1) is 13.8 Å². The third-order valence-electron chi connectivity index (χ3n) is 3.33. The molecule has 2 rings (SSSR count). The number of rotatable bonds is 7. The molecule has 0 aliphatic carbocycles. The molecule has 2 aromatic rings. The Bertz CT molecular complexity index is 607. The Balaban J connectivity index is 0.00000288. The summed E-state index contributed by atoms with van der Waals surface area (Å²) >= 11 is 0. The molecule has 6 heteroatoms. The molecular formula is C18H26IN3O2. The number of halogens is 1. The number of guanidine groups is 1. The van der Waals surface area contributed by atoms with Gasteiger partial charge in [-0.1, -0.05) is 6.07 Å². The summed E-state index contributed by atoms with van der Waals surface area (Å²) in [7, 11) is 1.76. The Morgan fingerprint density at radius 2 is 1.83 bits per heavy atom. The molecule has 2 N–H and O–H groups in total. The van der Waals surface area contributed by atoms with Crippen molar-refractivity contribution >= 4 is 29.9 Å². The molecular weight excluding hydrogens is 417 g/mol. The van der Waals surface area contributed by atoms with Gasteiger partial charge in [0.15, 0.2) is 5.96 Å². The van der Waals surface area contributed by atoms with Crippen LogP contribution in [-0.4, -0.2) is 32.7 Å². The van der Waals surface area contributed by atoms with Crippen LogP contribution in [0.1, 0.15) is 16.9 Å². The first-order valence-corrected chi connectivity index (χ1v) is 7.85. The molecule has 1 aromatic heterocycles. The smallest absolute Gasteiger partial charge is 0.191 e. The Kier molecular flexibility index (Phi) is 9.29. The second-order valence-corrected chi connectivity index (χ2v) is 5.43. The van der Waals surface area contributed by atoms with E-state index < -0.39 is 0 Å². The zero-order valence-electron chi connectivity index (χ0n) is 14.5. The number of nitrogens with one attached hydrogen (secondary N) is 2. The van der Waals surface area contributed by atoms with E-state index in [1.54, 1.807) is 13.3 Å². The number of nitrogens with zero attached hydrogens (tertiary/aromatic N) is 1. The van der Waals surface area contributed by atoms with Crippen molar-refractivity contribution in [1.29, 1.82) is 0 Å². The Labute approximate surface area is 160 Å². The SMILES string of the molecule is CN=C(NCCOc1cc(C)cc(C)c1)NCCc1ccco1.I. The van der Waals surface area contributed by atoms with Gasteiger partial charge >= 0.3 is 0 Å². The van der Waals surface area contributed by atoms with Crippen LogP contribution in [0.4, 0.5) is 0 Å². The fourth-order valence-electron chi connectivity index (χ4n) is 2.33. The average molecular weight is 443 g/mol. The largest absolute Gasteiger partial charge is 0.492 e. The fourth-order valence-corrected chi connectivity index (χ4v) is 2.33. The van der Waals surface area contributed by atoms with Crippen molar-refractivity contribution in [3.8, 4) is 5.75 Å². The van der Waals surface area contributed by atoms with Gasteiger partial charge in [-0.05, 0) is 49.2 Å². The van der Waals surface area contributed by atoms with Gasteiger partial charge in [-0.15, -0.1) is 24.0 Å². The minimum Gasteiger partial charge on any atom is -0.492 e. The molecule has 24 heavy (non-hydrogen) atoms. The molecule has 0 atom stereocenters.